The van der Waals surface area contributed by atoms with Crippen molar-refractivity contribution < 1.29 is 37.3 Å². The van der Waals surface area contributed by atoms with E-state index < -0.39 is 16.3 Å². The molecule has 1 aromatic rings. The molecule has 0 aliphatic carbocycles. The quantitative estimate of drug-likeness (QED) is 0.474. The summed E-state index contributed by atoms with van der Waals surface area (Å²) in [5, 5.41) is 9.44. The van der Waals surface area contributed by atoms with Crippen molar-refractivity contribution in [1.82, 2.24) is 9.21 Å². The minimum Gasteiger partial charge on any atom is -0.497 e. The number of ether oxygens (including phenoxy) is 4. The summed E-state index contributed by atoms with van der Waals surface area (Å²) < 4.78 is 49.6. The van der Waals surface area contributed by atoms with E-state index in [1.54, 1.807) is 17.0 Å². The third kappa shape index (κ3) is 7.17. The first kappa shape index (κ1) is 27.4. The van der Waals surface area contributed by atoms with Gasteiger partial charge >= 0.3 is 0 Å². The summed E-state index contributed by atoms with van der Waals surface area (Å²) in [7, 11) is -2.34. The summed E-state index contributed by atoms with van der Waals surface area (Å²) in [4.78, 5) is 14.8. The molecule has 2 unspecified atom stereocenters. The zero-order valence-corrected chi connectivity index (χ0v) is 21.4. The Morgan fingerprint density at radius 3 is 2.49 bits per heavy atom. The lowest BCUT2D eigenvalue weighted by molar-refractivity contribution is -0.158. The van der Waals surface area contributed by atoms with E-state index in [4.69, 9.17) is 18.9 Å². The van der Waals surface area contributed by atoms with Gasteiger partial charge in [-0.2, -0.15) is 4.31 Å². The van der Waals surface area contributed by atoms with E-state index in [-0.39, 0.29) is 54.7 Å². The predicted octanol–water partition coefficient (Wildman–Crippen LogP) is 1.46. The largest absolute Gasteiger partial charge is 0.497 e. The Balaban J connectivity index is 1.64. The second-order valence-corrected chi connectivity index (χ2v) is 10.7. The number of morpholine rings is 1. The van der Waals surface area contributed by atoms with Gasteiger partial charge in [0.05, 0.1) is 38.4 Å². The fourth-order valence-corrected chi connectivity index (χ4v) is 5.39. The van der Waals surface area contributed by atoms with E-state index in [9.17, 15) is 18.3 Å². The number of amides is 1. The number of hydrogen-bond acceptors (Lipinski definition) is 8. The maximum Gasteiger partial charge on any atom is 0.288 e. The molecule has 0 saturated carbocycles. The maximum absolute atomic E-state index is 13.1. The fourth-order valence-electron chi connectivity index (χ4n) is 3.97. The predicted molar refractivity (Wildman–Crippen MR) is 128 cm³/mol. The van der Waals surface area contributed by atoms with Crippen LogP contribution in [-0.2, 0) is 29.0 Å². The number of allylic oxidation sites excluding steroid dienone is 1. The highest BCUT2D eigenvalue weighted by Gasteiger charge is 2.32. The van der Waals surface area contributed by atoms with Crippen molar-refractivity contribution in [2.24, 2.45) is 11.8 Å². The van der Waals surface area contributed by atoms with Crippen molar-refractivity contribution in [3.05, 3.63) is 36.1 Å². The van der Waals surface area contributed by atoms with Gasteiger partial charge in [0.15, 0.2) is 5.76 Å². The number of sulfonamides is 1. The molecule has 3 rings (SSSR count). The molecule has 10 nitrogen and oxygen atoms in total. The molecule has 2 aliphatic heterocycles. The van der Waals surface area contributed by atoms with Gasteiger partial charge in [0, 0.05) is 32.6 Å². The van der Waals surface area contributed by atoms with Crippen LogP contribution < -0.4 is 4.74 Å². The number of aliphatic hydroxyl groups excluding tert-OH is 1. The van der Waals surface area contributed by atoms with Crippen molar-refractivity contribution in [3.8, 4) is 5.75 Å². The third-order valence-electron chi connectivity index (χ3n) is 6.14. The second kappa shape index (κ2) is 12.7. The van der Waals surface area contributed by atoms with Crippen LogP contribution in [0.15, 0.2) is 41.0 Å². The summed E-state index contributed by atoms with van der Waals surface area (Å²) >= 11 is 0. The van der Waals surface area contributed by atoms with Crippen molar-refractivity contribution >= 4 is 15.9 Å². The first-order valence-corrected chi connectivity index (χ1v) is 13.3. The Morgan fingerprint density at radius 1 is 1.20 bits per heavy atom. The molecule has 0 spiro atoms. The van der Waals surface area contributed by atoms with Crippen LogP contribution in [0, 0.1) is 11.8 Å². The van der Waals surface area contributed by atoms with Crippen molar-refractivity contribution in [1.29, 1.82) is 0 Å². The second-order valence-electron chi connectivity index (χ2n) is 8.80. The minimum atomic E-state index is -3.84. The normalized spacial score (nSPS) is 21.1. The summed E-state index contributed by atoms with van der Waals surface area (Å²) in [6.45, 7) is 5.83. The van der Waals surface area contributed by atoms with Gasteiger partial charge in [0.2, 0.25) is 16.3 Å². The summed E-state index contributed by atoms with van der Waals surface area (Å²) in [5.41, 5.74) is 0. The number of aliphatic hydroxyl groups is 1. The molecule has 1 N–H and O–H groups in total. The molecule has 35 heavy (non-hydrogen) atoms. The number of benzene rings is 1. The van der Waals surface area contributed by atoms with E-state index in [0.717, 1.165) is 0 Å². The standard InChI is InChI=1S/C24H36N2O8S/c1-18(2)19-16-22(24(28)25-9-13-32-14-10-25)34-23(17-19)33-15-11-26(8-12-27)35(29,30)21-6-4-20(31-3)5-7-21/h4-7,16,18-19,23,27H,8-15,17H2,1-3H3. The molecule has 11 heteroatoms. The number of methoxy groups -OCH3 is 1. The minimum absolute atomic E-state index is 0.0254. The highest BCUT2D eigenvalue weighted by atomic mass is 32.2. The van der Waals surface area contributed by atoms with Crippen LogP contribution in [0.1, 0.15) is 20.3 Å². The van der Waals surface area contributed by atoms with Crippen molar-refractivity contribution in [3.63, 3.8) is 0 Å². The van der Waals surface area contributed by atoms with Gasteiger partial charge in [-0.3, -0.25) is 4.79 Å². The van der Waals surface area contributed by atoms with E-state index in [2.05, 4.69) is 13.8 Å². The lowest BCUT2D eigenvalue weighted by Crippen LogP contribution is -2.43. The highest BCUT2D eigenvalue weighted by molar-refractivity contribution is 7.89. The van der Waals surface area contributed by atoms with Crippen LogP contribution in [0.4, 0.5) is 0 Å². The summed E-state index contributed by atoms with van der Waals surface area (Å²) in [6, 6.07) is 6.07. The van der Waals surface area contributed by atoms with Crippen molar-refractivity contribution in [2.75, 3.05) is 59.7 Å². The van der Waals surface area contributed by atoms with Gasteiger partial charge in [-0.1, -0.05) is 13.8 Å². The third-order valence-corrected chi connectivity index (χ3v) is 8.06. The Labute approximate surface area is 207 Å². The highest BCUT2D eigenvalue weighted by Crippen LogP contribution is 2.30. The average Bonchev–Trinajstić information content (AvgIpc) is 2.88. The molecule has 2 heterocycles. The lowest BCUT2D eigenvalue weighted by Gasteiger charge is -2.34. The molecule has 0 aromatic heterocycles. The molecule has 2 aliphatic rings. The molecule has 196 valence electrons. The monoisotopic (exact) mass is 512 g/mol. The molecular weight excluding hydrogens is 476 g/mol. The Bertz CT molecular complexity index is 958. The van der Waals surface area contributed by atoms with Crippen LogP contribution in [-0.4, -0.2) is 94.6 Å². The molecule has 1 aromatic carbocycles. The first-order valence-electron chi connectivity index (χ1n) is 11.9. The van der Waals surface area contributed by atoms with E-state index in [0.29, 0.717) is 38.5 Å². The fraction of sp³-hybridized carbons (Fsp3) is 0.625. The number of nitrogens with zero attached hydrogens (tertiary/aromatic N) is 2. The van der Waals surface area contributed by atoms with E-state index in [1.165, 1.54) is 23.5 Å². The van der Waals surface area contributed by atoms with E-state index in [1.807, 2.05) is 6.08 Å². The maximum atomic E-state index is 13.1. The van der Waals surface area contributed by atoms with Crippen LogP contribution >= 0.6 is 0 Å². The molecular formula is C24H36N2O8S. The van der Waals surface area contributed by atoms with Crippen LogP contribution in [0.2, 0.25) is 0 Å². The average molecular weight is 513 g/mol. The number of carbonyl (C=O) groups excluding carboxylic acids is 1. The Kier molecular flexibility index (Phi) is 9.93. The summed E-state index contributed by atoms with van der Waals surface area (Å²) in [6.07, 6.45) is 1.75. The SMILES string of the molecule is COc1ccc(S(=O)(=O)N(CCO)CCOC2CC(C(C)C)C=C(C(=O)N3CCOCC3)O2)cc1. The van der Waals surface area contributed by atoms with Crippen molar-refractivity contribution in [2.45, 2.75) is 31.5 Å². The van der Waals surface area contributed by atoms with Gasteiger partial charge in [-0.25, -0.2) is 8.42 Å². The zero-order chi connectivity index (χ0) is 25.4. The van der Waals surface area contributed by atoms with Crippen LogP contribution in [0.5, 0.6) is 5.75 Å². The summed E-state index contributed by atoms with van der Waals surface area (Å²) in [5.74, 6) is 0.992. The molecule has 2 atom stereocenters. The Morgan fingerprint density at radius 2 is 1.89 bits per heavy atom. The molecule has 1 fully saturated rings. The molecule has 1 saturated heterocycles. The van der Waals surface area contributed by atoms with Gasteiger partial charge in [-0.15, -0.1) is 0 Å². The zero-order valence-electron chi connectivity index (χ0n) is 20.6. The molecule has 1 amide bonds. The number of carbonyl (C=O) groups is 1. The van der Waals surface area contributed by atoms with E-state index >= 15 is 0 Å². The van der Waals surface area contributed by atoms with Crippen LogP contribution in [0.3, 0.4) is 0 Å². The number of hydrogen-bond donors (Lipinski definition) is 1. The Hall–Kier alpha value is -2.18. The lowest BCUT2D eigenvalue weighted by atomic mass is 9.90. The van der Waals surface area contributed by atoms with Gasteiger partial charge in [0.1, 0.15) is 5.75 Å². The smallest absolute Gasteiger partial charge is 0.288 e. The molecule has 0 bridgehead atoms. The van der Waals surface area contributed by atoms with Crippen LogP contribution in [0.25, 0.3) is 0 Å². The van der Waals surface area contributed by atoms with Gasteiger partial charge < -0.3 is 29.0 Å². The topological polar surface area (TPSA) is 115 Å². The number of rotatable bonds is 11. The van der Waals surface area contributed by atoms with Gasteiger partial charge in [-0.05, 0) is 42.2 Å². The molecule has 0 radical (unpaired) electrons. The van der Waals surface area contributed by atoms with Gasteiger partial charge in [0.25, 0.3) is 5.91 Å². The first-order chi connectivity index (χ1) is 16.8.